The van der Waals surface area contributed by atoms with Crippen molar-refractivity contribution in [3.05, 3.63) is 44.8 Å². The number of hydrogen-bond acceptors (Lipinski definition) is 2. The van der Waals surface area contributed by atoms with Gasteiger partial charge in [0.05, 0.1) is 11.4 Å². The molecule has 0 unspecified atom stereocenters. The molecule has 2 rings (SSSR count). The van der Waals surface area contributed by atoms with Crippen molar-refractivity contribution in [1.82, 2.24) is 9.78 Å². The summed E-state index contributed by atoms with van der Waals surface area (Å²) in [6, 6.07) is 7.45. The number of halogens is 1. The van der Waals surface area contributed by atoms with Crippen LogP contribution < -0.4 is 11.3 Å². The molecule has 0 aliphatic rings. The summed E-state index contributed by atoms with van der Waals surface area (Å²) in [5, 5.41) is 2.92. The number of nitrogen functional groups attached to an aromatic ring is 1. The number of hydrogen-bond donors (Lipinski definition) is 2. The third kappa shape index (κ3) is 1.59. The van der Waals surface area contributed by atoms with Crippen molar-refractivity contribution in [3.8, 4) is 5.69 Å². The molecule has 2 aromatic rings. The molecule has 0 saturated carbocycles. The van der Waals surface area contributed by atoms with Crippen LogP contribution in [0.4, 0.5) is 5.69 Å². The highest BCUT2D eigenvalue weighted by atomic mass is 79.9. The van der Waals surface area contributed by atoms with Gasteiger partial charge in [-0.15, -0.1) is 0 Å². The lowest BCUT2D eigenvalue weighted by Crippen LogP contribution is -2.16. The fraction of sp³-hybridized carbons (Fsp3) is 0.100. The van der Waals surface area contributed by atoms with Crippen LogP contribution in [0.25, 0.3) is 5.69 Å². The number of aromatic nitrogens is 2. The molecular formula is C10H10BrN3O. The van der Waals surface area contributed by atoms with Gasteiger partial charge in [-0.25, -0.2) is 4.68 Å². The highest BCUT2D eigenvalue weighted by Gasteiger charge is 2.10. The van der Waals surface area contributed by atoms with E-state index in [9.17, 15) is 4.79 Å². The molecule has 0 atom stereocenters. The Hall–Kier alpha value is -1.49. The van der Waals surface area contributed by atoms with Crippen LogP contribution in [0.5, 0.6) is 0 Å². The number of nitrogens with zero attached hydrogens (tertiary/aromatic N) is 1. The standard InChI is InChI=1S/C10H10BrN3O/c1-6-9(12)10(15)14(13-6)8-5-3-2-4-7(8)11/h2-5,13H,12H2,1H3. The molecule has 0 radical (unpaired) electrons. The van der Waals surface area contributed by atoms with Crippen LogP contribution in [0.1, 0.15) is 5.69 Å². The molecule has 1 heterocycles. The topological polar surface area (TPSA) is 63.8 Å². The zero-order valence-electron chi connectivity index (χ0n) is 8.12. The molecule has 0 saturated heterocycles. The Kier molecular flexibility index (Phi) is 2.40. The monoisotopic (exact) mass is 267 g/mol. The van der Waals surface area contributed by atoms with Gasteiger partial charge in [-0.05, 0) is 35.0 Å². The van der Waals surface area contributed by atoms with Gasteiger partial charge >= 0.3 is 0 Å². The van der Waals surface area contributed by atoms with Crippen molar-refractivity contribution in [3.63, 3.8) is 0 Å². The lowest BCUT2D eigenvalue weighted by Gasteiger charge is -2.03. The van der Waals surface area contributed by atoms with Crippen LogP contribution in [0, 0.1) is 6.92 Å². The number of aromatic amines is 1. The van der Waals surface area contributed by atoms with Gasteiger partial charge in [-0.2, -0.15) is 0 Å². The molecule has 5 heteroatoms. The Balaban J connectivity index is 2.70. The van der Waals surface area contributed by atoms with Gasteiger partial charge in [0.25, 0.3) is 5.56 Å². The summed E-state index contributed by atoms with van der Waals surface area (Å²) in [5.41, 5.74) is 7.07. The van der Waals surface area contributed by atoms with E-state index in [0.29, 0.717) is 5.69 Å². The van der Waals surface area contributed by atoms with Gasteiger partial charge in [-0.3, -0.25) is 9.89 Å². The second-order valence-electron chi connectivity index (χ2n) is 3.24. The highest BCUT2D eigenvalue weighted by molar-refractivity contribution is 9.10. The second kappa shape index (κ2) is 3.58. The van der Waals surface area contributed by atoms with Crippen LogP contribution in [0.3, 0.4) is 0 Å². The van der Waals surface area contributed by atoms with Crippen molar-refractivity contribution >= 4 is 21.6 Å². The van der Waals surface area contributed by atoms with E-state index in [1.807, 2.05) is 24.3 Å². The number of aryl methyl sites for hydroxylation is 1. The maximum Gasteiger partial charge on any atom is 0.294 e. The van der Waals surface area contributed by atoms with Gasteiger partial charge in [0.15, 0.2) is 0 Å². The van der Waals surface area contributed by atoms with E-state index >= 15 is 0 Å². The summed E-state index contributed by atoms with van der Waals surface area (Å²) >= 11 is 3.38. The summed E-state index contributed by atoms with van der Waals surface area (Å²) in [7, 11) is 0. The molecular weight excluding hydrogens is 258 g/mol. The average molecular weight is 268 g/mol. The molecule has 0 spiro atoms. The molecule has 1 aromatic carbocycles. The SMILES string of the molecule is Cc1[nH]n(-c2ccccc2Br)c(=O)c1N. The van der Waals surface area contributed by atoms with E-state index in [1.54, 1.807) is 6.92 Å². The van der Waals surface area contributed by atoms with Gasteiger partial charge in [-0.1, -0.05) is 12.1 Å². The molecule has 0 aliphatic carbocycles. The lowest BCUT2D eigenvalue weighted by atomic mass is 10.3. The Bertz CT molecular complexity index is 556. The molecule has 0 amide bonds. The fourth-order valence-electron chi connectivity index (χ4n) is 1.36. The minimum Gasteiger partial charge on any atom is -0.393 e. The summed E-state index contributed by atoms with van der Waals surface area (Å²) in [5.74, 6) is 0. The van der Waals surface area contributed by atoms with Crippen LogP contribution in [-0.2, 0) is 0 Å². The number of H-pyrrole nitrogens is 1. The minimum absolute atomic E-state index is 0.223. The van der Waals surface area contributed by atoms with Crippen LogP contribution in [0.15, 0.2) is 33.5 Å². The van der Waals surface area contributed by atoms with Crippen LogP contribution in [0.2, 0.25) is 0 Å². The first-order valence-corrected chi connectivity index (χ1v) is 5.22. The normalized spacial score (nSPS) is 10.5. The summed E-state index contributed by atoms with van der Waals surface area (Å²) in [6.45, 7) is 1.77. The first kappa shape index (κ1) is 10.0. The summed E-state index contributed by atoms with van der Waals surface area (Å²) < 4.78 is 2.27. The largest absolute Gasteiger partial charge is 0.393 e. The molecule has 4 nitrogen and oxygen atoms in total. The number of anilines is 1. The predicted octanol–water partition coefficient (Wildman–Crippen LogP) is 1.82. The number of nitrogens with one attached hydrogen (secondary N) is 1. The first-order chi connectivity index (χ1) is 7.11. The highest BCUT2D eigenvalue weighted by Crippen LogP contribution is 2.19. The molecule has 0 bridgehead atoms. The average Bonchev–Trinajstić information content (AvgIpc) is 2.47. The van der Waals surface area contributed by atoms with Gasteiger partial charge in [0.1, 0.15) is 5.69 Å². The molecule has 78 valence electrons. The van der Waals surface area contributed by atoms with E-state index in [2.05, 4.69) is 21.0 Å². The summed E-state index contributed by atoms with van der Waals surface area (Å²) in [4.78, 5) is 11.7. The number of benzene rings is 1. The maximum absolute atomic E-state index is 11.7. The smallest absolute Gasteiger partial charge is 0.294 e. The number of rotatable bonds is 1. The first-order valence-electron chi connectivity index (χ1n) is 4.43. The minimum atomic E-state index is -0.223. The zero-order valence-corrected chi connectivity index (χ0v) is 9.71. The van der Waals surface area contributed by atoms with Gasteiger partial charge < -0.3 is 5.73 Å². The lowest BCUT2D eigenvalue weighted by molar-refractivity contribution is 0.832. The molecule has 1 aromatic heterocycles. The van der Waals surface area contributed by atoms with Crippen molar-refractivity contribution in [1.29, 1.82) is 0 Å². The van der Waals surface area contributed by atoms with E-state index in [-0.39, 0.29) is 11.2 Å². The quantitative estimate of drug-likeness (QED) is 0.828. The third-order valence-corrected chi connectivity index (χ3v) is 2.88. The van der Waals surface area contributed by atoms with Crippen molar-refractivity contribution in [2.75, 3.05) is 5.73 Å². The Morgan fingerprint density at radius 3 is 2.60 bits per heavy atom. The van der Waals surface area contributed by atoms with Gasteiger partial charge in [0, 0.05) is 4.47 Å². The van der Waals surface area contributed by atoms with Gasteiger partial charge in [0.2, 0.25) is 0 Å². The Morgan fingerprint density at radius 1 is 1.40 bits per heavy atom. The van der Waals surface area contributed by atoms with Crippen molar-refractivity contribution in [2.45, 2.75) is 6.92 Å². The predicted molar refractivity (Wildman–Crippen MR) is 63.2 cm³/mol. The van der Waals surface area contributed by atoms with Crippen molar-refractivity contribution in [2.24, 2.45) is 0 Å². The van der Waals surface area contributed by atoms with E-state index in [4.69, 9.17) is 5.73 Å². The van der Waals surface area contributed by atoms with E-state index in [0.717, 1.165) is 10.2 Å². The Labute approximate surface area is 94.8 Å². The second-order valence-corrected chi connectivity index (χ2v) is 4.10. The van der Waals surface area contributed by atoms with Crippen molar-refractivity contribution < 1.29 is 0 Å². The molecule has 0 aliphatic heterocycles. The number of nitrogens with two attached hydrogens (primary N) is 1. The molecule has 15 heavy (non-hydrogen) atoms. The van der Waals surface area contributed by atoms with Crippen LogP contribution in [-0.4, -0.2) is 9.78 Å². The summed E-state index contributed by atoms with van der Waals surface area (Å²) in [6.07, 6.45) is 0. The Morgan fingerprint density at radius 2 is 2.07 bits per heavy atom. The maximum atomic E-state index is 11.7. The fourth-order valence-corrected chi connectivity index (χ4v) is 1.82. The molecule has 0 fully saturated rings. The van der Waals surface area contributed by atoms with E-state index in [1.165, 1.54) is 4.68 Å². The number of para-hydroxylation sites is 1. The third-order valence-electron chi connectivity index (χ3n) is 2.21. The zero-order chi connectivity index (χ0) is 11.0. The van der Waals surface area contributed by atoms with E-state index < -0.39 is 0 Å². The molecule has 3 N–H and O–H groups in total. The van der Waals surface area contributed by atoms with Crippen LogP contribution >= 0.6 is 15.9 Å².